The lowest BCUT2D eigenvalue weighted by Crippen LogP contribution is -2.42. The van der Waals surface area contributed by atoms with Gasteiger partial charge < -0.3 is 25.4 Å². The fraction of sp³-hybridized carbons (Fsp3) is 0.333. The predicted molar refractivity (Wildman–Crippen MR) is 132 cm³/mol. The molecule has 1 amide bonds. The number of amides is 1. The van der Waals surface area contributed by atoms with E-state index in [-0.39, 0.29) is 29.9 Å². The highest BCUT2D eigenvalue weighted by molar-refractivity contribution is 14.0. The maximum atomic E-state index is 12.1. The number of nitrogens with one attached hydrogen (secondary N) is 3. The third kappa shape index (κ3) is 7.91. The van der Waals surface area contributed by atoms with Crippen LogP contribution in [0.4, 0.5) is 0 Å². The predicted octanol–water partition coefficient (Wildman–Crippen LogP) is 3.11. The van der Waals surface area contributed by atoms with Crippen molar-refractivity contribution in [2.45, 2.75) is 6.42 Å². The lowest BCUT2D eigenvalue weighted by atomic mass is 10.1. The van der Waals surface area contributed by atoms with Gasteiger partial charge in [0.15, 0.2) is 17.5 Å². The second-order valence-electron chi connectivity index (χ2n) is 6.10. The highest BCUT2D eigenvalue weighted by Crippen LogP contribution is 2.27. The molecule has 0 bridgehead atoms. The zero-order valence-corrected chi connectivity index (χ0v) is 20.4. The largest absolute Gasteiger partial charge is 0.493 e. The summed E-state index contributed by atoms with van der Waals surface area (Å²) in [7, 11) is 4.94. The summed E-state index contributed by atoms with van der Waals surface area (Å²) in [5.74, 6) is 1.88. The quantitative estimate of drug-likeness (QED) is 0.195. The summed E-state index contributed by atoms with van der Waals surface area (Å²) in [5, 5.41) is 9.68. The van der Waals surface area contributed by atoms with Crippen molar-refractivity contribution in [3.63, 3.8) is 0 Å². The number of guanidine groups is 1. The molecule has 2 rings (SSSR count). The lowest BCUT2D eigenvalue weighted by Gasteiger charge is -2.13. The van der Waals surface area contributed by atoms with Crippen LogP contribution in [0, 0.1) is 0 Å². The number of benzene rings is 2. The first-order chi connectivity index (χ1) is 14.1. The van der Waals surface area contributed by atoms with Gasteiger partial charge >= 0.3 is 0 Å². The Balaban J connectivity index is 0.00000450. The number of carbonyl (C=O) groups excluding carboxylic acids is 1. The molecule has 30 heavy (non-hydrogen) atoms. The van der Waals surface area contributed by atoms with Crippen molar-refractivity contribution in [3.8, 4) is 11.5 Å². The number of nitrogens with zero attached hydrogens (tertiary/aromatic N) is 1. The Morgan fingerprint density at radius 1 is 0.967 bits per heavy atom. The highest BCUT2D eigenvalue weighted by Gasteiger charge is 2.08. The molecule has 0 fully saturated rings. The molecule has 0 atom stereocenters. The molecule has 3 N–H and O–H groups in total. The van der Waals surface area contributed by atoms with Gasteiger partial charge in [0.25, 0.3) is 5.91 Å². The molecule has 0 saturated carbocycles. The molecule has 2 aromatic rings. The molecule has 0 radical (unpaired) electrons. The molecule has 0 saturated heterocycles. The second kappa shape index (κ2) is 13.9. The molecule has 0 aliphatic carbocycles. The van der Waals surface area contributed by atoms with Crippen LogP contribution >= 0.6 is 35.6 Å². The standard InChI is InChI=1S/C21H27ClN4O3.HI/c1-23-21(25-11-10-15-8-9-18(28-2)19(14-15)29-3)26-13-12-24-20(27)16-6-4-5-7-17(16)22;/h4-9,14H,10-13H2,1-3H3,(H,24,27)(H2,23,25,26);1H. The molecule has 0 aliphatic heterocycles. The summed E-state index contributed by atoms with van der Waals surface area (Å²) in [6.07, 6.45) is 0.796. The third-order valence-corrected chi connectivity index (χ3v) is 4.53. The fourth-order valence-electron chi connectivity index (χ4n) is 2.68. The first kappa shape index (κ1) is 25.8. The van der Waals surface area contributed by atoms with E-state index in [1.807, 2.05) is 18.2 Å². The highest BCUT2D eigenvalue weighted by atomic mass is 127. The molecule has 7 nitrogen and oxygen atoms in total. The van der Waals surface area contributed by atoms with Gasteiger partial charge in [0.1, 0.15) is 0 Å². The second-order valence-corrected chi connectivity index (χ2v) is 6.51. The van der Waals surface area contributed by atoms with Gasteiger partial charge in [-0.3, -0.25) is 9.79 Å². The Labute approximate surface area is 199 Å². The molecule has 164 valence electrons. The average molecular weight is 547 g/mol. The van der Waals surface area contributed by atoms with Crippen LogP contribution in [0.5, 0.6) is 11.5 Å². The molecule has 0 aliphatic rings. The first-order valence-corrected chi connectivity index (χ1v) is 9.65. The summed E-state index contributed by atoms with van der Waals surface area (Å²) in [5.41, 5.74) is 1.59. The van der Waals surface area contributed by atoms with Crippen molar-refractivity contribution in [1.29, 1.82) is 0 Å². The number of carbonyl (C=O) groups is 1. The monoisotopic (exact) mass is 546 g/mol. The average Bonchev–Trinajstić information content (AvgIpc) is 2.75. The number of ether oxygens (including phenoxy) is 2. The molecular formula is C21H28ClIN4O3. The van der Waals surface area contributed by atoms with Crippen molar-refractivity contribution in [3.05, 3.63) is 58.6 Å². The zero-order valence-electron chi connectivity index (χ0n) is 17.3. The van der Waals surface area contributed by atoms with Gasteiger partial charge in [0.05, 0.1) is 24.8 Å². The minimum Gasteiger partial charge on any atom is -0.493 e. The Morgan fingerprint density at radius 3 is 2.30 bits per heavy atom. The van der Waals surface area contributed by atoms with Crippen molar-refractivity contribution >= 4 is 47.4 Å². The Bertz CT molecular complexity index is 849. The van der Waals surface area contributed by atoms with Gasteiger partial charge in [-0.15, -0.1) is 24.0 Å². The zero-order chi connectivity index (χ0) is 21.1. The SMILES string of the molecule is CN=C(NCCNC(=O)c1ccccc1Cl)NCCc1ccc(OC)c(OC)c1.I. The Kier molecular flexibility index (Phi) is 12.0. The van der Waals surface area contributed by atoms with Crippen LogP contribution in [0.1, 0.15) is 15.9 Å². The fourth-order valence-corrected chi connectivity index (χ4v) is 2.90. The van der Waals surface area contributed by atoms with Crippen LogP contribution in [0.15, 0.2) is 47.5 Å². The molecule has 0 spiro atoms. The minimum atomic E-state index is -0.200. The van der Waals surface area contributed by atoms with Gasteiger partial charge in [-0.25, -0.2) is 0 Å². The van der Waals surface area contributed by atoms with E-state index >= 15 is 0 Å². The number of methoxy groups -OCH3 is 2. The number of rotatable bonds is 9. The van der Waals surface area contributed by atoms with E-state index in [9.17, 15) is 4.79 Å². The van der Waals surface area contributed by atoms with Crippen LogP contribution in [-0.4, -0.2) is 52.8 Å². The summed E-state index contributed by atoms with van der Waals surface area (Å²) in [6.45, 7) is 1.67. The maximum absolute atomic E-state index is 12.1. The molecule has 0 unspecified atom stereocenters. The van der Waals surface area contributed by atoms with Crippen LogP contribution in [-0.2, 0) is 6.42 Å². The molecule has 2 aromatic carbocycles. The van der Waals surface area contributed by atoms with E-state index in [2.05, 4.69) is 20.9 Å². The van der Waals surface area contributed by atoms with Crippen LogP contribution in [0.3, 0.4) is 0 Å². The molecule has 9 heteroatoms. The van der Waals surface area contributed by atoms with Gasteiger partial charge in [-0.2, -0.15) is 0 Å². The summed E-state index contributed by atoms with van der Waals surface area (Å²) >= 11 is 6.03. The Morgan fingerprint density at radius 2 is 1.63 bits per heavy atom. The number of aliphatic imine (C=N–C) groups is 1. The normalized spacial score (nSPS) is 10.6. The molecular weight excluding hydrogens is 519 g/mol. The maximum Gasteiger partial charge on any atom is 0.252 e. The van der Waals surface area contributed by atoms with Gasteiger partial charge in [0, 0.05) is 26.7 Å². The topological polar surface area (TPSA) is 84.0 Å². The van der Waals surface area contributed by atoms with Crippen LogP contribution in [0.25, 0.3) is 0 Å². The van der Waals surface area contributed by atoms with Gasteiger partial charge in [-0.05, 0) is 36.2 Å². The smallest absolute Gasteiger partial charge is 0.252 e. The van der Waals surface area contributed by atoms with Gasteiger partial charge in [0.2, 0.25) is 0 Å². The Hall–Kier alpha value is -2.20. The van der Waals surface area contributed by atoms with E-state index in [4.69, 9.17) is 21.1 Å². The first-order valence-electron chi connectivity index (χ1n) is 9.27. The van der Waals surface area contributed by atoms with Crippen LogP contribution in [0.2, 0.25) is 5.02 Å². The minimum absolute atomic E-state index is 0. The number of hydrogen-bond acceptors (Lipinski definition) is 4. The van der Waals surface area contributed by atoms with E-state index < -0.39 is 0 Å². The number of halogens is 2. The van der Waals surface area contributed by atoms with Crippen molar-refractivity contribution in [2.24, 2.45) is 4.99 Å². The van der Waals surface area contributed by atoms with E-state index in [1.165, 1.54) is 0 Å². The summed E-state index contributed by atoms with van der Waals surface area (Å²) < 4.78 is 10.6. The van der Waals surface area contributed by atoms with Crippen molar-refractivity contribution in [1.82, 2.24) is 16.0 Å². The number of hydrogen-bond donors (Lipinski definition) is 3. The third-order valence-electron chi connectivity index (χ3n) is 4.20. The van der Waals surface area contributed by atoms with Crippen molar-refractivity contribution in [2.75, 3.05) is 40.9 Å². The van der Waals surface area contributed by atoms with Gasteiger partial charge in [-0.1, -0.05) is 29.8 Å². The molecule has 0 aromatic heterocycles. The van der Waals surface area contributed by atoms with E-state index in [1.54, 1.807) is 45.5 Å². The summed E-state index contributed by atoms with van der Waals surface area (Å²) in [6, 6.07) is 12.8. The van der Waals surface area contributed by atoms with E-state index in [0.717, 1.165) is 12.0 Å². The molecule has 0 heterocycles. The van der Waals surface area contributed by atoms with Crippen molar-refractivity contribution < 1.29 is 14.3 Å². The summed E-state index contributed by atoms with van der Waals surface area (Å²) in [4.78, 5) is 16.3. The van der Waals surface area contributed by atoms with E-state index in [0.29, 0.717) is 47.7 Å². The lowest BCUT2D eigenvalue weighted by molar-refractivity contribution is 0.0954. The van der Waals surface area contributed by atoms with Crippen LogP contribution < -0.4 is 25.4 Å².